The Balaban J connectivity index is 1.58. The molecule has 4 heterocycles. The van der Waals surface area contributed by atoms with Crippen molar-refractivity contribution >= 4 is 44.6 Å². The number of aryl methyl sites for hydroxylation is 1. The molecule has 0 atom stereocenters. The summed E-state index contributed by atoms with van der Waals surface area (Å²) < 4.78 is 42.3. The van der Waals surface area contributed by atoms with Gasteiger partial charge in [-0.2, -0.15) is 0 Å². The highest BCUT2D eigenvalue weighted by Crippen LogP contribution is 2.33. The van der Waals surface area contributed by atoms with Crippen LogP contribution in [-0.2, 0) is 10.0 Å². The van der Waals surface area contributed by atoms with Crippen LogP contribution in [0.2, 0.25) is 5.02 Å². The molecule has 1 aromatic carbocycles. The molecule has 1 aliphatic rings. The second-order valence-electron chi connectivity index (χ2n) is 8.10. The number of likely N-dealkylation sites (tertiary alicyclic amines) is 1. The van der Waals surface area contributed by atoms with E-state index in [2.05, 4.69) is 20.3 Å². The summed E-state index contributed by atoms with van der Waals surface area (Å²) in [5.74, 6) is -0.799. The van der Waals surface area contributed by atoms with Crippen molar-refractivity contribution in [1.82, 2.24) is 23.8 Å². The van der Waals surface area contributed by atoms with Gasteiger partial charge in [-0.05, 0) is 25.1 Å². The van der Waals surface area contributed by atoms with E-state index in [-0.39, 0.29) is 51.9 Å². The molecule has 2 N–H and O–H groups in total. The fourth-order valence-electron chi connectivity index (χ4n) is 3.76. The number of nitrogens with one attached hydrogen (secondary N) is 1. The number of carboxylic acid groups (broad SMARTS) is 1. The highest BCUT2D eigenvalue weighted by Gasteiger charge is 2.31. The number of benzene rings is 1. The lowest BCUT2D eigenvalue weighted by molar-refractivity contribution is 0.111. The maximum absolute atomic E-state index is 14.4. The van der Waals surface area contributed by atoms with Crippen LogP contribution in [0.25, 0.3) is 22.4 Å². The number of carbonyl (C=O) groups is 1. The summed E-state index contributed by atoms with van der Waals surface area (Å²) in [5.41, 5.74) is 1.31. The topological polar surface area (TPSA) is 130 Å². The van der Waals surface area contributed by atoms with Gasteiger partial charge in [0.1, 0.15) is 0 Å². The first kappa shape index (κ1) is 23.0. The molecular weight excluding hydrogens is 499 g/mol. The van der Waals surface area contributed by atoms with Crippen molar-refractivity contribution in [2.75, 3.05) is 18.4 Å². The van der Waals surface area contributed by atoms with Crippen molar-refractivity contribution in [1.29, 1.82) is 0 Å². The van der Waals surface area contributed by atoms with Crippen molar-refractivity contribution in [2.45, 2.75) is 17.9 Å². The zero-order valence-corrected chi connectivity index (χ0v) is 19.8. The summed E-state index contributed by atoms with van der Waals surface area (Å²) in [4.78, 5) is 24.7. The summed E-state index contributed by atoms with van der Waals surface area (Å²) in [7, 11) is -4.02. The quantitative estimate of drug-likeness (QED) is 0.411. The molecule has 0 spiro atoms. The lowest BCUT2D eigenvalue weighted by Crippen LogP contribution is -2.56. The summed E-state index contributed by atoms with van der Waals surface area (Å²) in [6.07, 6.45) is 2.57. The van der Waals surface area contributed by atoms with E-state index in [1.807, 2.05) is 6.92 Å². The molecule has 180 valence electrons. The third-order valence-corrected chi connectivity index (χ3v) is 7.51. The molecule has 0 unspecified atom stereocenters. The number of aromatic nitrogens is 4. The van der Waals surface area contributed by atoms with Gasteiger partial charge in [0.15, 0.2) is 23.1 Å². The number of fused-ring (bicyclic) bond motifs is 1. The van der Waals surface area contributed by atoms with E-state index < -0.39 is 21.9 Å². The molecule has 0 saturated carbocycles. The van der Waals surface area contributed by atoms with Crippen LogP contribution >= 0.6 is 11.6 Å². The average Bonchev–Trinajstić information content (AvgIpc) is 3.16. The molecule has 35 heavy (non-hydrogen) atoms. The zero-order valence-electron chi connectivity index (χ0n) is 18.2. The lowest BCUT2D eigenvalue weighted by atomic mass is 10.1. The van der Waals surface area contributed by atoms with E-state index in [0.29, 0.717) is 5.39 Å². The minimum atomic E-state index is -4.02. The number of hydrogen-bond donors (Lipinski definition) is 2. The van der Waals surface area contributed by atoms with Gasteiger partial charge in [-0.3, -0.25) is 0 Å². The molecule has 0 radical (unpaired) electrons. The second kappa shape index (κ2) is 8.47. The molecule has 1 amide bonds. The number of halogens is 2. The Hall–Kier alpha value is -3.77. The van der Waals surface area contributed by atoms with Gasteiger partial charge in [0, 0.05) is 36.4 Å². The average molecular weight is 517 g/mol. The Bertz CT molecular complexity index is 1570. The first-order valence-electron chi connectivity index (χ1n) is 10.4. The van der Waals surface area contributed by atoms with Gasteiger partial charge in [-0.25, -0.2) is 36.5 Å². The monoisotopic (exact) mass is 516 g/mol. The van der Waals surface area contributed by atoms with Crippen molar-refractivity contribution < 1.29 is 22.7 Å². The Morgan fingerprint density at radius 3 is 2.60 bits per heavy atom. The second-order valence-corrected chi connectivity index (χ2v) is 10.4. The summed E-state index contributed by atoms with van der Waals surface area (Å²) >= 11 is 6.14. The molecular formula is C22H18ClFN6O4S. The van der Waals surface area contributed by atoms with Crippen molar-refractivity contribution in [3.63, 3.8) is 0 Å². The highest BCUT2D eigenvalue weighted by molar-refractivity contribution is 7.90. The predicted octanol–water partition coefficient (Wildman–Crippen LogP) is 3.61. The van der Waals surface area contributed by atoms with Crippen LogP contribution in [0.15, 0.2) is 53.8 Å². The van der Waals surface area contributed by atoms with E-state index in [1.165, 1.54) is 35.5 Å². The number of nitrogens with zero attached hydrogens (tertiary/aromatic N) is 5. The molecule has 5 rings (SSSR count). The Morgan fingerprint density at radius 2 is 1.91 bits per heavy atom. The number of pyridine rings is 1. The third-order valence-electron chi connectivity index (χ3n) is 5.63. The SMILES string of the molecule is Cc1ccc(S(=O)(=O)n2cc(-c3ncc(F)c(NC4CN(C(=O)O)C4)n3)c3cc(Cl)cnc32)cc1. The summed E-state index contributed by atoms with van der Waals surface area (Å²) in [6, 6.07) is 7.61. The number of amides is 1. The van der Waals surface area contributed by atoms with Crippen LogP contribution in [0.5, 0.6) is 0 Å². The number of hydrogen-bond acceptors (Lipinski definition) is 7. The summed E-state index contributed by atoms with van der Waals surface area (Å²) in [5, 5.41) is 12.5. The molecule has 0 bridgehead atoms. The van der Waals surface area contributed by atoms with Gasteiger partial charge in [0.2, 0.25) is 0 Å². The van der Waals surface area contributed by atoms with Crippen LogP contribution in [0.3, 0.4) is 0 Å². The molecule has 0 aliphatic carbocycles. The zero-order chi connectivity index (χ0) is 24.9. The van der Waals surface area contributed by atoms with Gasteiger partial charge in [0.05, 0.1) is 22.2 Å². The smallest absolute Gasteiger partial charge is 0.407 e. The lowest BCUT2D eigenvalue weighted by Gasteiger charge is -2.37. The van der Waals surface area contributed by atoms with Crippen LogP contribution in [-0.4, -0.2) is 62.6 Å². The van der Waals surface area contributed by atoms with Gasteiger partial charge in [-0.15, -0.1) is 0 Å². The first-order chi connectivity index (χ1) is 16.6. The van der Waals surface area contributed by atoms with Crippen LogP contribution in [0.1, 0.15) is 5.56 Å². The van der Waals surface area contributed by atoms with Crippen LogP contribution in [0.4, 0.5) is 15.0 Å². The fraction of sp³-hybridized carbons (Fsp3) is 0.182. The number of anilines is 1. The Kier molecular flexibility index (Phi) is 5.56. The Morgan fingerprint density at radius 1 is 1.20 bits per heavy atom. The molecule has 3 aromatic heterocycles. The Labute approximate surface area is 204 Å². The minimum absolute atomic E-state index is 0.0511. The third kappa shape index (κ3) is 4.15. The molecule has 10 nitrogen and oxygen atoms in total. The van der Waals surface area contributed by atoms with Gasteiger partial charge < -0.3 is 15.3 Å². The van der Waals surface area contributed by atoms with Crippen LogP contribution < -0.4 is 5.32 Å². The largest absolute Gasteiger partial charge is 0.465 e. The van der Waals surface area contributed by atoms with Gasteiger partial charge in [0.25, 0.3) is 10.0 Å². The van der Waals surface area contributed by atoms with E-state index in [4.69, 9.17) is 16.7 Å². The van der Waals surface area contributed by atoms with Gasteiger partial charge >= 0.3 is 6.09 Å². The van der Waals surface area contributed by atoms with Crippen molar-refractivity contribution in [2.24, 2.45) is 0 Å². The molecule has 4 aromatic rings. The molecule has 1 fully saturated rings. The minimum Gasteiger partial charge on any atom is -0.465 e. The van der Waals surface area contributed by atoms with E-state index in [0.717, 1.165) is 15.7 Å². The molecule has 1 saturated heterocycles. The predicted molar refractivity (Wildman–Crippen MR) is 126 cm³/mol. The highest BCUT2D eigenvalue weighted by atomic mass is 35.5. The normalized spacial score (nSPS) is 14.2. The maximum Gasteiger partial charge on any atom is 0.407 e. The molecule has 13 heteroatoms. The molecule has 1 aliphatic heterocycles. The van der Waals surface area contributed by atoms with E-state index >= 15 is 0 Å². The van der Waals surface area contributed by atoms with Gasteiger partial charge in [-0.1, -0.05) is 29.3 Å². The van der Waals surface area contributed by atoms with E-state index in [9.17, 15) is 17.6 Å². The maximum atomic E-state index is 14.4. The van der Waals surface area contributed by atoms with Crippen molar-refractivity contribution in [3.8, 4) is 11.4 Å². The van der Waals surface area contributed by atoms with Crippen LogP contribution in [0, 0.1) is 12.7 Å². The number of rotatable bonds is 5. The standard InChI is InChI=1S/C22H18ClFN6O4S/c1-12-2-4-15(5-3-12)35(33,34)30-11-17(16-6-13(23)7-26-21(16)30)19-25-8-18(24)20(28-19)27-14-9-29(10-14)22(31)32/h2-8,11,14H,9-10H2,1H3,(H,31,32)(H,25,27,28). The van der Waals surface area contributed by atoms with E-state index in [1.54, 1.807) is 12.1 Å². The van der Waals surface area contributed by atoms with Crippen molar-refractivity contribution in [3.05, 3.63) is 65.3 Å². The summed E-state index contributed by atoms with van der Waals surface area (Å²) in [6.45, 7) is 2.22. The first-order valence-corrected chi connectivity index (χ1v) is 12.2. The fourth-order valence-corrected chi connectivity index (χ4v) is 5.24.